The van der Waals surface area contributed by atoms with E-state index in [4.69, 9.17) is 4.42 Å². The number of fused-ring (bicyclic) bond motifs is 7. The highest BCUT2D eigenvalue weighted by molar-refractivity contribution is 6.24. The monoisotopic (exact) mass is 792 g/mol. The lowest BCUT2D eigenvalue weighted by Crippen LogP contribution is -2.16. The van der Waals surface area contributed by atoms with E-state index in [2.05, 4.69) is 217 Å². The van der Waals surface area contributed by atoms with Gasteiger partial charge in [0.1, 0.15) is 11.2 Å². The first kappa shape index (κ1) is 34.9. The highest BCUT2D eigenvalue weighted by atomic mass is 16.3. The number of aromatic nitrogens is 1. The summed E-state index contributed by atoms with van der Waals surface area (Å²) in [6.45, 7) is 4.74. The molecule has 3 heteroatoms. The Kier molecular flexibility index (Phi) is 7.36. The maximum Gasteiger partial charge on any atom is 0.137 e. The molecule has 0 saturated carbocycles. The molecule has 2 heterocycles. The van der Waals surface area contributed by atoms with Gasteiger partial charge < -0.3 is 13.9 Å². The highest BCUT2D eigenvalue weighted by Gasteiger charge is 2.36. The molecule has 62 heavy (non-hydrogen) atoms. The van der Waals surface area contributed by atoms with Crippen molar-refractivity contribution in [1.82, 2.24) is 4.57 Å². The Morgan fingerprint density at radius 1 is 0.435 bits per heavy atom. The van der Waals surface area contributed by atoms with Crippen molar-refractivity contribution >= 4 is 94.5 Å². The third-order valence-electron chi connectivity index (χ3n) is 13.5. The van der Waals surface area contributed by atoms with Gasteiger partial charge in [-0.25, -0.2) is 0 Å². The van der Waals surface area contributed by atoms with Gasteiger partial charge in [0.05, 0.1) is 11.0 Å². The molecule has 0 N–H and O–H groups in total. The lowest BCUT2D eigenvalue weighted by atomic mass is 9.81. The third-order valence-corrected chi connectivity index (χ3v) is 13.5. The van der Waals surface area contributed by atoms with Gasteiger partial charge in [-0.3, -0.25) is 0 Å². The molecule has 1 aliphatic carbocycles. The van der Waals surface area contributed by atoms with Crippen molar-refractivity contribution in [3.63, 3.8) is 0 Å². The number of para-hydroxylation sites is 2. The average Bonchev–Trinajstić information content (AvgIpc) is 3.93. The van der Waals surface area contributed by atoms with Gasteiger partial charge in [0.2, 0.25) is 0 Å². The molecule has 0 spiro atoms. The van der Waals surface area contributed by atoms with Crippen LogP contribution in [0, 0.1) is 0 Å². The van der Waals surface area contributed by atoms with E-state index < -0.39 is 0 Å². The van der Waals surface area contributed by atoms with Crippen LogP contribution in [-0.2, 0) is 5.41 Å². The second kappa shape index (κ2) is 13.1. The zero-order valence-electron chi connectivity index (χ0n) is 34.4. The van der Waals surface area contributed by atoms with E-state index in [-0.39, 0.29) is 5.41 Å². The Balaban J connectivity index is 0.891. The molecule has 0 fully saturated rings. The van der Waals surface area contributed by atoms with Crippen molar-refractivity contribution in [2.75, 3.05) is 4.90 Å². The first-order valence-electron chi connectivity index (χ1n) is 21.5. The molecule has 0 unspecified atom stereocenters. The molecule has 10 aromatic carbocycles. The predicted molar refractivity (Wildman–Crippen MR) is 262 cm³/mol. The molecule has 1 aliphatic rings. The Labute approximate surface area is 359 Å². The maximum absolute atomic E-state index is 6.43. The minimum absolute atomic E-state index is 0.218. The minimum atomic E-state index is -0.218. The van der Waals surface area contributed by atoms with Crippen LogP contribution in [0.15, 0.2) is 199 Å². The minimum Gasteiger partial charge on any atom is -0.456 e. The molecule has 3 nitrogen and oxygen atoms in total. The second-order valence-electron chi connectivity index (χ2n) is 17.4. The molecular formula is C59H40N2O. The number of furan rings is 1. The molecule has 13 rings (SSSR count). The van der Waals surface area contributed by atoms with E-state index in [9.17, 15) is 0 Å². The quantitative estimate of drug-likeness (QED) is 0.124. The van der Waals surface area contributed by atoms with Gasteiger partial charge in [0, 0.05) is 55.8 Å². The number of rotatable bonds is 6. The van der Waals surface area contributed by atoms with Crippen LogP contribution >= 0.6 is 0 Å². The van der Waals surface area contributed by atoms with Crippen LogP contribution in [0.2, 0.25) is 0 Å². The summed E-state index contributed by atoms with van der Waals surface area (Å²) in [5.74, 6) is 0. The molecule has 0 atom stereocenters. The molecule has 0 aliphatic heterocycles. The van der Waals surface area contributed by atoms with Gasteiger partial charge in [-0.15, -0.1) is 0 Å². The van der Waals surface area contributed by atoms with Crippen molar-refractivity contribution in [1.29, 1.82) is 0 Å². The van der Waals surface area contributed by atoms with Gasteiger partial charge in [0.25, 0.3) is 0 Å². The molecule has 0 saturated heterocycles. The molecule has 0 radical (unpaired) electrons. The molecule has 12 aromatic rings. The summed E-state index contributed by atoms with van der Waals surface area (Å²) in [5, 5.41) is 9.88. The Hall–Kier alpha value is -7.88. The van der Waals surface area contributed by atoms with E-state index in [1.165, 1.54) is 82.4 Å². The van der Waals surface area contributed by atoms with Crippen LogP contribution in [0.25, 0.3) is 94.3 Å². The second-order valence-corrected chi connectivity index (χ2v) is 17.4. The van der Waals surface area contributed by atoms with Crippen molar-refractivity contribution in [3.8, 4) is 16.8 Å². The van der Waals surface area contributed by atoms with Crippen molar-refractivity contribution < 1.29 is 4.42 Å². The molecule has 292 valence electrons. The average molecular weight is 793 g/mol. The summed E-state index contributed by atoms with van der Waals surface area (Å²) < 4.78 is 8.85. The topological polar surface area (TPSA) is 21.3 Å². The summed E-state index contributed by atoms with van der Waals surface area (Å²) in [4.78, 5) is 2.38. The Morgan fingerprint density at radius 3 is 1.98 bits per heavy atom. The summed E-state index contributed by atoms with van der Waals surface area (Å²) >= 11 is 0. The van der Waals surface area contributed by atoms with E-state index >= 15 is 0 Å². The molecule has 0 amide bonds. The number of nitrogens with zero attached hydrogens (tertiary/aromatic N) is 2. The summed E-state index contributed by atoms with van der Waals surface area (Å²) in [5.41, 5.74) is 16.1. The predicted octanol–water partition coefficient (Wildman–Crippen LogP) is 16.4. The zero-order valence-corrected chi connectivity index (χ0v) is 34.4. The number of benzene rings is 10. The maximum atomic E-state index is 6.43. The lowest BCUT2D eigenvalue weighted by Gasteiger charge is -2.28. The first-order chi connectivity index (χ1) is 30.5. The standard InChI is InChI=1S/C59H40N2O/c1-59(2)51-32-37(19-20-38-31-42-23-22-40-13-10-17-53-57(40)58(42)54(33-38)61(53)43-14-4-3-5-15-43)21-28-47(51)48-29-26-45(35-52(48)59)60(44-25-24-39-11-6-7-12-41(39)34-44)46-27-30-50-49-16-8-9-18-55(49)62-56(50)36-46/h3-36H,1-2H3/b20-19+. The van der Waals surface area contributed by atoms with E-state index in [0.717, 1.165) is 39.0 Å². The van der Waals surface area contributed by atoms with Gasteiger partial charge in [-0.1, -0.05) is 141 Å². The molecule has 0 bridgehead atoms. The third kappa shape index (κ3) is 5.18. The smallest absolute Gasteiger partial charge is 0.137 e. The lowest BCUT2D eigenvalue weighted by molar-refractivity contribution is 0.660. The first-order valence-corrected chi connectivity index (χ1v) is 21.5. The van der Waals surface area contributed by atoms with Crippen LogP contribution in [0.5, 0.6) is 0 Å². The number of hydrogen-bond acceptors (Lipinski definition) is 2. The molecular weight excluding hydrogens is 753 g/mol. The SMILES string of the molecule is CC1(C)c2cc(/C=C/c3cc4ccc5cccc6c5c4c(c3)n6-c3ccccc3)ccc2-c2ccc(N(c3ccc4ccccc4c3)c3ccc4c(c3)oc3ccccc34)cc21. The highest BCUT2D eigenvalue weighted by Crippen LogP contribution is 2.51. The van der Waals surface area contributed by atoms with Crippen LogP contribution in [0.3, 0.4) is 0 Å². The summed E-state index contributed by atoms with van der Waals surface area (Å²) in [7, 11) is 0. The van der Waals surface area contributed by atoms with Crippen LogP contribution in [0.4, 0.5) is 17.1 Å². The normalized spacial score (nSPS) is 13.4. The fourth-order valence-corrected chi connectivity index (χ4v) is 10.5. The van der Waals surface area contributed by atoms with Crippen LogP contribution < -0.4 is 4.90 Å². The van der Waals surface area contributed by atoms with Crippen LogP contribution in [0.1, 0.15) is 36.1 Å². The zero-order chi connectivity index (χ0) is 41.1. The fraction of sp³-hybridized carbons (Fsp3) is 0.0508. The molecule has 2 aromatic heterocycles. The largest absolute Gasteiger partial charge is 0.456 e. The van der Waals surface area contributed by atoms with Gasteiger partial charge in [0.15, 0.2) is 0 Å². The van der Waals surface area contributed by atoms with Crippen molar-refractivity contribution in [3.05, 3.63) is 216 Å². The van der Waals surface area contributed by atoms with Crippen molar-refractivity contribution in [2.45, 2.75) is 19.3 Å². The Bertz CT molecular complexity index is 3790. The van der Waals surface area contributed by atoms with E-state index in [1.807, 2.05) is 12.1 Å². The number of hydrogen-bond donors (Lipinski definition) is 0. The van der Waals surface area contributed by atoms with E-state index in [1.54, 1.807) is 0 Å². The summed E-state index contributed by atoms with van der Waals surface area (Å²) in [6, 6.07) is 70.9. The summed E-state index contributed by atoms with van der Waals surface area (Å²) in [6.07, 6.45) is 4.56. The fourth-order valence-electron chi connectivity index (χ4n) is 10.5. The van der Waals surface area contributed by atoms with Crippen LogP contribution in [-0.4, -0.2) is 4.57 Å². The van der Waals surface area contributed by atoms with Crippen molar-refractivity contribution in [2.24, 2.45) is 0 Å². The Morgan fingerprint density at radius 2 is 1.08 bits per heavy atom. The van der Waals surface area contributed by atoms with Gasteiger partial charge in [-0.05, 0) is 128 Å². The van der Waals surface area contributed by atoms with E-state index in [0.29, 0.717) is 0 Å². The van der Waals surface area contributed by atoms with Gasteiger partial charge >= 0.3 is 0 Å². The van der Waals surface area contributed by atoms with Gasteiger partial charge in [-0.2, -0.15) is 0 Å². The number of anilines is 3.